The number of hydrazine groups is 1. The molecule has 3 aromatic heterocycles. The normalized spacial score (nSPS) is 14.7. The first kappa shape index (κ1) is 19.9. The SMILES string of the molecule is CCN(c1ccc(-c2cn3nc(NCc4ccccc4)sc3n2)cn1)N1CCOCC1. The van der Waals surface area contributed by atoms with Crippen molar-refractivity contribution in [1.29, 1.82) is 0 Å². The molecule has 0 aliphatic carbocycles. The minimum atomic E-state index is 0.743. The van der Waals surface area contributed by atoms with Crippen molar-refractivity contribution < 1.29 is 4.74 Å². The summed E-state index contributed by atoms with van der Waals surface area (Å²) < 4.78 is 7.29. The third-order valence-corrected chi connectivity index (χ3v) is 6.15. The van der Waals surface area contributed by atoms with Crippen molar-refractivity contribution in [2.75, 3.05) is 43.2 Å². The third-order valence-electron chi connectivity index (χ3n) is 5.27. The fraction of sp³-hybridized carbons (Fsp3) is 0.318. The molecule has 0 unspecified atom stereocenters. The number of fused-ring (bicyclic) bond motifs is 1. The summed E-state index contributed by atoms with van der Waals surface area (Å²) >= 11 is 1.54. The highest BCUT2D eigenvalue weighted by Crippen LogP contribution is 2.26. The first-order valence-electron chi connectivity index (χ1n) is 10.5. The van der Waals surface area contributed by atoms with E-state index in [0.717, 1.165) is 66.6 Å². The van der Waals surface area contributed by atoms with Crippen LogP contribution < -0.4 is 10.3 Å². The highest BCUT2D eigenvalue weighted by Gasteiger charge is 2.19. The Morgan fingerprint density at radius 1 is 1.13 bits per heavy atom. The molecule has 0 bridgehead atoms. The molecule has 1 N–H and O–H groups in total. The molecule has 0 atom stereocenters. The molecule has 8 nitrogen and oxygen atoms in total. The molecular weight excluding hydrogens is 410 g/mol. The fourth-order valence-corrected chi connectivity index (χ4v) is 4.45. The first-order chi connectivity index (χ1) is 15.3. The number of nitrogens with one attached hydrogen (secondary N) is 1. The molecule has 4 aromatic rings. The molecule has 0 radical (unpaired) electrons. The standard InChI is InChI=1S/C22H25N7OS/c1-2-29(27-10-12-30-13-11-27)20-9-8-18(15-23-20)19-16-28-22(25-19)31-21(26-28)24-14-17-6-4-3-5-7-17/h3-9,15-16H,2,10-14H2,1H3,(H,24,26). The van der Waals surface area contributed by atoms with E-state index in [1.807, 2.05) is 35.1 Å². The van der Waals surface area contributed by atoms with Crippen molar-refractivity contribution >= 4 is 27.2 Å². The van der Waals surface area contributed by atoms with Gasteiger partial charge in [-0.1, -0.05) is 41.7 Å². The Kier molecular flexibility index (Phi) is 5.79. The van der Waals surface area contributed by atoms with Crippen LogP contribution in [0.1, 0.15) is 12.5 Å². The summed E-state index contributed by atoms with van der Waals surface area (Å²) in [5.74, 6) is 0.944. The lowest BCUT2D eigenvalue weighted by Gasteiger charge is -2.37. The zero-order valence-electron chi connectivity index (χ0n) is 17.4. The maximum Gasteiger partial charge on any atom is 0.214 e. The number of benzene rings is 1. The summed E-state index contributed by atoms with van der Waals surface area (Å²) in [6, 6.07) is 14.4. The molecular formula is C22H25N7OS. The minimum absolute atomic E-state index is 0.743. The highest BCUT2D eigenvalue weighted by molar-refractivity contribution is 7.20. The molecule has 0 spiro atoms. The van der Waals surface area contributed by atoms with Crippen molar-refractivity contribution in [2.45, 2.75) is 13.5 Å². The fourth-order valence-electron chi connectivity index (χ4n) is 3.68. The summed E-state index contributed by atoms with van der Waals surface area (Å²) in [5.41, 5.74) is 3.08. The van der Waals surface area contributed by atoms with E-state index in [1.54, 1.807) is 11.3 Å². The van der Waals surface area contributed by atoms with E-state index in [9.17, 15) is 0 Å². The summed E-state index contributed by atoms with van der Waals surface area (Å²) in [7, 11) is 0. The number of nitrogens with zero attached hydrogens (tertiary/aromatic N) is 6. The Bertz CT molecular complexity index is 1090. The number of pyridine rings is 1. The van der Waals surface area contributed by atoms with Crippen molar-refractivity contribution in [1.82, 2.24) is 24.6 Å². The van der Waals surface area contributed by atoms with Gasteiger partial charge in [-0.25, -0.2) is 19.5 Å². The number of aromatic nitrogens is 4. The zero-order valence-corrected chi connectivity index (χ0v) is 18.3. The number of morpholine rings is 1. The second kappa shape index (κ2) is 9.01. The topological polar surface area (TPSA) is 70.8 Å². The molecule has 1 saturated heterocycles. The maximum absolute atomic E-state index is 5.47. The summed E-state index contributed by atoms with van der Waals surface area (Å²) in [5, 5.41) is 13.3. The van der Waals surface area contributed by atoms with Gasteiger partial charge < -0.3 is 10.1 Å². The van der Waals surface area contributed by atoms with E-state index in [1.165, 1.54) is 5.56 Å². The predicted molar refractivity (Wildman–Crippen MR) is 123 cm³/mol. The quantitative estimate of drug-likeness (QED) is 0.476. The second-order valence-electron chi connectivity index (χ2n) is 7.29. The van der Waals surface area contributed by atoms with Crippen LogP contribution in [0, 0.1) is 0 Å². The van der Waals surface area contributed by atoms with Crippen LogP contribution in [0.4, 0.5) is 10.9 Å². The number of ether oxygens (including phenoxy) is 1. The van der Waals surface area contributed by atoms with E-state index in [2.05, 4.69) is 51.6 Å². The van der Waals surface area contributed by atoms with Gasteiger partial charge in [-0.15, -0.1) is 5.10 Å². The maximum atomic E-state index is 5.47. The Hall–Kier alpha value is -3.01. The summed E-state index contributed by atoms with van der Waals surface area (Å²) in [4.78, 5) is 10.3. The minimum Gasteiger partial charge on any atom is -0.379 e. The molecule has 1 fully saturated rings. The molecule has 31 heavy (non-hydrogen) atoms. The van der Waals surface area contributed by atoms with Crippen LogP contribution in [0.5, 0.6) is 0 Å². The second-order valence-corrected chi connectivity index (χ2v) is 8.24. The molecule has 1 aromatic carbocycles. The Morgan fingerprint density at radius 3 is 2.68 bits per heavy atom. The van der Waals surface area contributed by atoms with Gasteiger partial charge in [-0.05, 0) is 24.6 Å². The molecule has 1 aliphatic heterocycles. The lowest BCUT2D eigenvalue weighted by atomic mass is 10.2. The number of hydrogen-bond donors (Lipinski definition) is 1. The third kappa shape index (κ3) is 4.39. The average Bonchev–Trinajstić information content (AvgIpc) is 3.39. The Labute approximate surface area is 185 Å². The van der Waals surface area contributed by atoms with E-state index in [4.69, 9.17) is 14.7 Å². The highest BCUT2D eigenvalue weighted by atomic mass is 32.1. The van der Waals surface area contributed by atoms with Crippen LogP contribution in [0.25, 0.3) is 16.2 Å². The monoisotopic (exact) mass is 435 g/mol. The van der Waals surface area contributed by atoms with Gasteiger partial charge in [0, 0.05) is 37.9 Å². The van der Waals surface area contributed by atoms with Crippen LogP contribution >= 0.6 is 11.3 Å². The van der Waals surface area contributed by atoms with Gasteiger partial charge in [0.05, 0.1) is 25.1 Å². The summed E-state index contributed by atoms with van der Waals surface area (Å²) in [6.45, 7) is 7.05. The smallest absolute Gasteiger partial charge is 0.214 e. The van der Waals surface area contributed by atoms with Crippen molar-refractivity contribution in [2.24, 2.45) is 0 Å². The number of anilines is 2. The van der Waals surface area contributed by atoms with Gasteiger partial charge in [0.25, 0.3) is 0 Å². The van der Waals surface area contributed by atoms with E-state index >= 15 is 0 Å². The van der Waals surface area contributed by atoms with Gasteiger partial charge in [-0.3, -0.25) is 5.01 Å². The van der Waals surface area contributed by atoms with Gasteiger partial charge in [0.15, 0.2) is 0 Å². The zero-order chi connectivity index (χ0) is 21.0. The number of hydrogen-bond acceptors (Lipinski definition) is 8. The molecule has 0 amide bonds. The van der Waals surface area contributed by atoms with E-state index < -0.39 is 0 Å². The Morgan fingerprint density at radius 2 is 1.97 bits per heavy atom. The van der Waals surface area contributed by atoms with Gasteiger partial charge in [-0.2, -0.15) is 0 Å². The Balaban J connectivity index is 1.28. The first-order valence-corrected chi connectivity index (χ1v) is 11.3. The molecule has 4 heterocycles. The van der Waals surface area contributed by atoms with Crippen molar-refractivity contribution in [3.05, 3.63) is 60.4 Å². The lowest BCUT2D eigenvalue weighted by molar-refractivity contribution is 0.0318. The largest absolute Gasteiger partial charge is 0.379 e. The predicted octanol–water partition coefficient (Wildman–Crippen LogP) is 3.54. The number of imidazole rings is 1. The average molecular weight is 436 g/mol. The van der Waals surface area contributed by atoms with Crippen molar-refractivity contribution in [3.63, 3.8) is 0 Å². The van der Waals surface area contributed by atoms with Crippen LogP contribution in [-0.4, -0.2) is 57.4 Å². The van der Waals surface area contributed by atoms with Gasteiger partial charge in [0.1, 0.15) is 5.82 Å². The number of rotatable bonds is 7. The van der Waals surface area contributed by atoms with E-state index in [-0.39, 0.29) is 0 Å². The molecule has 5 rings (SSSR count). The lowest BCUT2D eigenvalue weighted by Crippen LogP contribution is -2.49. The van der Waals surface area contributed by atoms with Crippen LogP contribution in [0.3, 0.4) is 0 Å². The van der Waals surface area contributed by atoms with Gasteiger partial charge >= 0.3 is 0 Å². The van der Waals surface area contributed by atoms with Crippen LogP contribution in [0.15, 0.2) is 54.9 Å². The molecule has 9 heteroatoms. The van der Waals surface area contributed by atoms with Crippen molar-refractivity contribution in [3.8, 4) is 11.3 Å². The van der Waals surface area contributed by atoms with E-state index in [0.29, 0.717) is 0 Å². The summed E-state index contributed by atoms with van der Waals surface area (Å²) in [6.07, 6.45) is 3.84. The van der Waals surface area contributed by atoms with Crippen LogP contribution in [-0.2, 0) is 11.3 Å². The van der Waals surface area contributed by atoms with Crippen LogP contribution in [0.2, 0.25) is 0 Å². The molecule has 1 aliphatic rings. The van der Waals surface area contributed by atoms with Gasteiger partial charge in [0.2, 0.25) is 10.1 Å². The molecule has 0 saturated carbocycles. The molecule has 160 valence electrons.